The Morgan fingerprint density at radius 2 is 1.76 bits per heavy atom. The van der Waals surface area contributed by atoms with E-state index in [4.69, 9.17) is 0 Å². The Hall–Kier alpha value is -3.73. The number of nitrogens with one attached hydrogen (secondary N) is 2. The Morgan fingerprint density at radius 1 is 1.05 bits per heavy atom. The van der Waals surface area contributed by atoms with Gasteiger partial charge in [-0.05, 0) is 62.8 Å². The van der Waals surface area contributed by atoms with E-state index in [1.165, 1.54) is 17.1 Å². The fourth-order valence-corrected chi connectivity index (χ4v) is 5.57. The van der Waals surface area contributed by atoms with Gasteiger partial charge < -0.3 is 20.6 Å². The molecule has 3 fully saturated rings. The number of carbonyl (C=O) groups is 2. The lowest BCUT2D eigenvalue weighted by molar-refractivity contribution is -0.137. The average Bonchev–Trinajstić information content (AvgIpc) is 3.47. The second-order valence-electron chi connectivity index (χ2n) is 10.9. The number of piperidine rings is 1. The van der Waals surface area contributed by atoms with Gasteiger partial charge in [-0.15, -0.1) is 0 Å². The fourth-order valence-electron chi connectivity index (χ4n) is 5.57. The highest BCUT2D eigenvalue weighted by Gasteiger charge is 2.39. The zero-order valence-electron chi connectivity index (χ0n) is 21.3. The van der Waals surface area contributed by atoms with Crippen LogP contribution in [0.5, 0.6) is 0 Å². The summed E-state index contributed by atoms with van der Waals surface area (Å²) < 4.78 is 3.02. The molecule has 1 aliphatic heterocycles. The quantitative estimate of drug-likeness (QED) is 0.458. The molecule has 0 atom stereocenters. The zero-order valence-corrected chi connectivity index (χ0v) is 21.3. The number of fused-ring (bicyclic) bond motifs is 1. The van der Waals surface area contributed by atoms with E-state index in [0.717, 1.165) is 38.5 Å². The number of aliphatic hydroxyl groups is 1. The number of aromatic nitrogens is 4. The van der Waals surface area contributed by atoms with Gasteiger partial charge in [0.25, 0.3) is 5.56 Å². The lowest BCUT2D eigenvalue weighted by Crippen LogP contribution is -2.50. The maximum absolute atomic E-state index is 13.2. The van der Waals surface area contributed by atoms with Crippen LogP contribution in [0.1, 0.15) is 51.4 Å². The molecule has 11 heteroatoms. The molecule has 0 bridgehead atoms. The second kappa shape index (κ2) is 9.86. The van der Waals surface area contributed by atoms with Gasteiger partial charge in [0.15, 0.2) is 5.65 Å². The molecule has 3 heterocycles. The molecule has 2 aliphatic carbocycles. The van der Waals surface area contributed by atoms with Crippen LogP contribution in [0.2, 0.25) is 0 Å². The van der Waals surface area contributed by atoms with Crippen LogP contribution in [0, 0.1) is 5.92 Å². The van der Waals surface area contributed by atoms with E-state index in [9.17, 15) is 19.5 Å². The minimum atomic E-state index is -1.07. The molecule has 1 saturated heterocycles. The van der Waals surface area contributed by atoms with Crippen LogP contribution in [0.15, 0.2) is 41.6 Å². The first-order chi connectivity index (χ1) is 18.4. The standard InChI is InChI=1S/C27H33N7O4/c35-24(18-5-6-18)32-13-11-27(38,12-14-32)16-33-17-28-23-22(25(33)36)15-29-34(23)21-9-7-20(8-10-21)31-26(37)30-19-3-1-2-4-19/h7-10,15,17-19,38H,1-6,11-14,16H2,(H2,30,31,37). The summed E-state index contributed by atoms with van der Waals surface area (Å²) in [5, 5.41) is 21.7. The molecule has 2 aromatic heterocycles. The number of nitrogens with zero attached hydrogens (tertiary/aromatic N) is 5. The lowest BCUT2D eigenvalue weighted by atomic mass is 9.91. The summed E-state index contributed by atoms with van der Waals surface area (Å²) >= 11 is 0. The third-order valence-corrected chi connectivity index (χ3v) is 8.01. The lowest BCUT2D eigenvalue weighted by Gasteiger charge is -2.38. The summed E-state index contributed by atoms with van der Waals surface area (Å²) in [6.07, 6.45) is 10.1. The van der Waals surface area contributed by atoms with Crippen LogP contribution in [0.3, 0.4) is 0 Å². The molecular weight excluding hydrogens is 486 g/mol. The van der Waals surface area contributed by atoms with Crippen molar-refractivity contribution >= 4 is 28.7 Å². The molecule has 0 radical (unpaired) electrons. The molecule has 3 aromatic rings. The van der Waals surface area contributed by atoms with Crippen molar-refractivity contribution in [1.29, 1.82) is 0 Å². The highest BCUT2D eigenvalue weighted by Crippen LogP contribution is 2.33. The first-order valence-corrected chi connectivity index (χ1v) is 13.5. The summed E-state index contributed by atoms with van der Waals surface area (Å²) in [6, 6.07) is 7.22. The molecule has 200 valence electrons. The zero-order chi connectivity index (χ0) is 26.3. The predicted octanol–water partition coefficient (Wildman–Crippen LogP) is 2.41. The summed E-state index contributed by atoms with van der Waals surface area (Å²) in [7, 11) is 0. The summed E-state index contributed by atoms with van der Waals surface area (Å²) in [5.74, 6) is 0.358. The van der Waals surface area contributed by atoms with E-state index in [-0.39, 0.29) is 36.0 Å². The Balaban J connectivity index is 1.13. The molecule has 38 heavy (non-hydrogen) atoms. The van der Waals surface area contributed by atoms with Crippen LogP contribution in [0.4, 0.5) is 10.5 Å². The van der Waals surface area contributed by atoms with Crippen LogP contribution in [-0.2, 0) is 11.3 Å². The molecule has 0 spiro atoms. The van der Waals surface area contributed by atoms with Crippen molar-refractivity contribution in [2.75, 3.05) is 18.4 Å². The molecule has 3 N–H and O–H groups in total. The molecule has 1 aromatic carbocycles. The molecule has 3 amide bonds. The third kappa shape index (κ3) is 5.02. The summed E-state index contributed by atoms with van der Waals surface area (Å²) in [4.78, 5) is 44.1. The van der Waals surface area contributed by atoms with Crippen molar-refractivity contribution in [2.45, 2.75) is 69.6 Å². The minimum absolute atomic E-state index is 0.120. The Morgan fingerprint density at radius 3 is 2.45 bits per heavy atom. The van der Waals surface area contributed by atoms with Crippen molar-refractivity contribution in [1.82, 2.24) is 29.5 Å². The van der Waals surface area contributed by atoms with Gasteiger partial charge in [-0.1, -0.05) is 12.8 Å². The Kier molecular flexibility index (Phi) is 6.38. The number of hydrogen-bond acceptors (Lipinski definition) is 6. The van der Waals surface area contributed by atoms with Crippen molar-refractivity contribution in [3.8, 4) is 5.69 Å². The first-order valence-electron chi connectivity index (χ1n) is 13.5. The van der Waals surface area contributed by atoms with E-state index in [1.54, 1.807) is 16.8 Å². The van der Waals surface area contributed by atoms with Gasteiger partial charge in [0, 0.05) is 30.7 Å². The number of anilines is 1. The molecule has 6 rings (SSSR count). The van der Waals surface area contributed by atoms with Crippen LogP contribution >= 0.6 is 0 Å². The van der Waals surface area contributed by atoms with Gasteiger partial charge in [-0.25, -0.2) is 14.5 Å². The predicted molar refractivity (Wildman–Crippen MR) is 141 cm³/mol. The minimum Gasteiger partial charge on any atom is -0.388 e. The summed E-state index contributed by atoms with van der Waals surface area (Å²) in [5.41, 5.74) is 0.449. The van der Waals surface area contributed by atoms with Crippen LogP contribution in [-0.4, -0.2) is 66.0 Å². The molecular formula is C27H33N7O4. The van der Waals surface area contributed by atoms with Crippen molar-refractivity contribution < 1.29 is 14.7 Å². The molecule has 11 nitrogen and oxygen atoms in total. The van der Waals surface area contributed by atoms with Gasteiger partial charge >= 0.3 is 6.03 Å². The maximum Gasteiger partial charge on any atom is 0.319 e. The Labute approximate surface area is 219 Å². The second-order valence-corrected chi connectivity index (χ2v) is 10.9. The highest BCUT2D eigenvalue weighted by atomic mass is 16.3. The number of benzene rings is 1. The van der Waals surface area contributed by atoms with Gasteiger partial charge in [0.1, 0.15) is 11.7 Å². The van der Waals surface area contributed by atoms with E-state index < -0.39 is 5.60 Å². The normalized spacial score (nSPS) is 19.6. The topological polar surface area (TPSA) is 134 Å². The number of likely N-dealkylation sites (tertiary alicyclic amines) is 1. The van der Waals surface area contributed by atoms with E-state index in [0.29, 0.717) is 48.3 Å². The smallest absolute Gasteiger partial charge is 0.319 e. The van der Waals surface area contributed by atoms with Gasteiger partial charge in [-0.3, -0.25) is 14.2 Å². The number of urea groups is 1. The van der Waals surface area contributed by atoms with Crippen molar-refractivity contribution in [3.63, 3.8) is 0 Å². The number of amides is 3. The largest absolute Gasteiger partial charge is 0.388 e. The van der Waals surface area contributed by atoms with E-state index in [1.807, 2.05) is 17.0 Å². The monoisotopic (exact) mass is 519 g/mol. The van der Waals surface area contributed by atoms with Crippen molar-refractivity contribution in [3.05, 3.63) is 47.1 Å². The molecule has 2 saturated carbocycles. The Bertz CT molecular complexity index is 1400. The van der Waals surface area contributed by atoms with Crippen LogP contribution < -0.4 is 16.2 Å². The van der Waals surface area contributed by atoms with E-state index >= 15 is 0 Å². The number of rotatable bonds is 6. The van der Waals surface area contributed by atoms with Crippen molar-refractivity contribution in [2.24, 2.45) is 5.92 Å². The van der Waals surface area contributed by atoms with Gasteiger partial charge in [-0.2, -0.15) is 5.10 Å². The number of hydrogen-bond donors (Lipinski definition) is 3. The molecule has 0 unspecified atom stereocenters. The first kappa shape index (κ1) is 24.6. The highest BCUT2D eigenvalue weighted by molar-refractivity contribution is 5.89. The van der Waals surface area contributed by atoms with Gasteiger partial charge in [0.2, 0.25) is 5.91 Å². The van der Waals surface area contributed by atoms with Gasteiger partial charge in [0.05, 0.1) is 24.0 Å². The fraction of sp³-hybridized carbons (Fsp3) is 0.519. The maximum atomic E-state index is 13.2. The third-order valence-electron chi connectivity index (χ3n) is 8.01. The van der Waals surface area contributed by atoms with Crippen LogP contribution in [0.25, 0.3) is 16.7 Å². The summed E-state index contributed by atoms with van der Waals surface area (Å²) in [6.45, 7) is 1.12. The van der Waals surface area contributed by atoms with E-state index in [2.05, 4.69) is 20.7 Å². The SMILES string of the molecule is O=C(Nc1ccc(-n2ncc3c(=O)n(CC4(O)CCN(C(=O)C5CC5)CC4)cnc32)cc1)NC1CCCC1. The molecule has 3 aliphatic rings. The average molecular weight is 520 g/mol. The number of carbonyl (C=O) groups excluding carboxylic acids is 2.